The lowest BCUT2D eigenvalue weighted by Crippen LogP contribution is -2.52. The number of benzene rings is 1. The van der Waals surface area contributed by atoms with Gasteiger partial charge in [-0.15, -0.1) is 0 Å². The first-order chi connectivity index (χ1) is 9.16. The highest BCUT2D eigenvalue weighted by Crippen LogP contribution is 2.18. The molecule has 20 heavy (non-hydrogen) atoms. The van der Waals surface area contributed by atoms with Gasteiger partial charge in [-0.25, -0.2) is 9.59 Å². The maximum Gasteiger partial charge on any atom is 0.329 e. The van der Waals surface area contributed by atoms with Crippen LogP contribution in [0.3, 0.4) is 0 Å². The van der Waals surface area contributed by atoms with Crippen LogP contribution in [0.25, 0.3) is 0 Å². The molecule has 0 aliphatic carbocycles. The zero-order chi connectivity index (χ0) is 15.5. The number of rotatable bonds is 4. The molecule has 8 nitrogen and oxygen atoms in total. The van der Waals surface area contributed by atoms with Crippen molar-refractivity contribution in [3.8, 4) is 0 Å². The third-order valence-electron chi connectivity index (χ3n) is 3.00. The summed E-state index contributed by atoms with van der Waals surface area (Å²) in [6, 6.07) is 4.62. The van der Waals surface area contributed by atoms with Gasteiger partial charge in [0.15, 0.2) is 0 Å². The van der Waals surface area contributed by atoms with E-state index in [-0.39, 0.29) is 5.69 Å². The second kappa shape index (κ2) is 5.55. The van der Waals surface area contributed by atoms with Gasteiger partial charge in [0.2, 0.25) is 0 Å². The molecule has 0 radical (unpaired) electrons. The van der Waals surface area contributed by atoms with Crippen molar-refractivity contribution in [1.29, 1.82) is 0 Å². The summed E-state index contributed by atoms with van der Waals surface area (Å²) in [7, 11) is 1.36. The maximum absolute atomic E-state index is 11.9. The van der Waals surface area contributed by atoms with Crippen LogP contribution in [0.4, 0.5) is 16.2 Å². The molecule has 1 aromatic rings. The molecular formula is C12H15N3O5. The fourth-order valence-corrected chi connectivity index (χ4v) is 1.27. The minimum atomic E-state index is -1.37. The van der Waals surface area contributed by atoms with Crippen molar-refractivity contribution in [2.45, 2.75) is 19.4 Å². The van der Waals surface area contributed by atoms with E-state index in [0.717, 1.165) is 4.90 Å². The Morgan fingerprint density at radius 2 is 1.80 bits per heavy atom. The van der Waals surface area contributed by atoms with Gasteiger partial charge in [0.1, 0.15) is 5.54 Å². The van der Waals surface area contributed by atoms with E-state index in [2.05, 4.69) is 5.32 Å². The summed E-state index contributed by atoms with van der Waals surface area (Å²) in [4.78, 5) is 33.9. The summed E-state index contributed by atoms with van der Waals surface area (Å²) in [5.74, 6) is -1.14. The molecule has 0 unspecified atom stereocenters. The number of carbonyl (C=O) groups is 2. The molecule has 0 atom stereocenters. The largest absolute Gasteiger partial charge is 0.480 e. The van der Waals surface area contributed by atoms with Crippen molar-refractivity contribution in [2.75, 3.05) is 12.4 Å². The van der Waals surface area contributed by atoms with Crippen LogP contribution in [-0.4, -0.2) is 39.5 Å². The van der Waals surface area contributed by atoms with Crippen LogP contribution in [0.2, 0.25) is 0 Å². The van der Waals surface area contributed by atoms with Gasteiger partial charge in [0.25, 0.3) is 5.69 Å². The molecule has 0 bridgehead atoms. The van der Waals surface area contributed by atoms with E-state index in [0.29, 0.717) is 5.69 Å². The van der Waals surface area contributed by atoms with Crippen molar-refractivity contribution >= 4 is 23.4 Å². The molecule has 0 spiro atoms. The Labute approximate surface area is 115 Å². The lowest BCUT2D eigenvalue weighted by atomic mass is 10.1. The van der Waals surface area contributed by atoms with E-state index in [4.69, 9.17) is 5.11 Å². The summed E-state index contributed by atoms with van der Waals surface area (Å²) in [6.45, 7) is 2.79. The van der Waals surface area contributed by atoms with E-state index >= 15 is 0 Å². The Bertz CT molecular complexity index is 539. The predicted octanol–water partition coefficient (Wildman–Crippen LogP) is 1.92. The van der Waals surface area contributed by atoms with Gasteiger partial charge in [-0.05, 0) is 26.0 Å². The first-order valence-corrected chi connectivity index (χ1v) is 5.69. The molecule has 0 saturated carbocycles. The summed E-state index contributed by atoms with van der Waals surface area (Å²) >= 11 is 0. The maximum atomic E-state index is 11.9. The van der Waals surface area contributed by atoms with Gasteiger partial charge in [-0.3, -0.25) is 10.1 Å². The quantitative estimate of drug-likeness (QED) is 0.646. The molecule has 2 amide bonds. The van der Waals surface area contributed by atoms with E-state index in [9.17, 15) is 19.7 Å². The topological polar surface area (TPSA) is 113 Å². The Hall–Kier alpha value is -2.64. The highest BCUT2D eigenvalue weighted by Gasteiger charge is 2.35. The lowest BCUT2D eigenvalue weighted by Gasteiger charge is -2.31. The molecule has 0 aliphatic heterocycles. The minimum absolute atomic E-state index is 0.0952. The van der Waals surface area contributed by atoms with Gasteiger partial charge in [-0.2, -0.15) is 0 Å². The van der Waals surface area contributed by atoms with Crippen molar-refractivity contribution < 1.29 is 19.6 Å². The van der Waals surface area contributed by atoms with Crippen molar-refractivity contribution in [3.05, 3.63) is 34.4 Å². The molecule has 0 aliphatic rings. The number of carboxylic acid groups (broad SMARTS) is 1. The number of nitro benzene ring substituents is 1. The number of aliphatic carboxylic acids is 1. The molecule has 0 heterocycles. The van der Waals surface area contributed by atoms with Gasteiger partial charge in [0.05, 0.1) is 4.92 Å². The van der Waals surface area contributed by atoms with Gasteiger partial charge >= 0.3 is 12.0 Å². The number of carbonyl (C=O) groups excluding carboxylic acids is 1. The normalized spacial score (nSPS) is 10.8. The van der Waals surface area contributed by atoms with Gasteiger partial charge in [-0.1, -0.05) is 0 Å². The number of likely N-dealkylation sites (N-methyl/N-ethyl adjacent to an activating group) is 1. The van der Waals surface area contributed by atoms with Crippen molar-refractivity contribution in [1.82, 2.24) is 4.90 Å². The van der Waals surface area contributed by atoms with Crippen LogP contribution >= 0.6 is 0 Å². The van der Waals surface area contributed by atoms with Crippen LogP contribution in [-0.2, 0) is 4.79 Å². The van der Waals surface area contributed by atoms with E-state index < -0.39 is 22.5 Å². The number of anilines is 1. The van der Waals surface area contributed by atoms with E-state index in [1.165, 1.54) is 45.2 Å². The Balaban J connectivity index is 2.80. The summed E-state index contributed by atoms with van der Waals surface area (Å²) < 4.78 is 0. The van der Waals surface area contributed by atoms with E-state index in [1.807, 2.05) is 0 Å². The molecule has 2 N–H and O–H groups in total. The Morgan fingerprint density at radius 1 is 1.30 bits per heavy atom. The number of nitro groups is 1. The molecule has 108 valence electrons. The summed E-state index contributed by atoms with van der Waals surface area (Å²) in [6.07, 6.45) is 0. The molecular weight excluding hydrogens is 266 g/mol. The van der Waals surface area contributed by atoms with Crippen LogP contribution < -0.4 is 5.32 Å². The molecule has 8 heteroatoms. The third-order valence-corrected chi connectivity index (χ3v) is 3.00. The van der Waals surface area contributed by atoms with Crippen LogP contribution in [0.5, 0.6) is 0 Å². The fourth-order valence-electron chi connectivity index (χ4n) is 1.27. The van der Waals surface area contributed by atoms with Crippen LogP contribution in [0.1, 0.15) is 13.8 Å². The van der Waals surface area contributed by atoms with E-state index in [1.54, 1.807) is 0 Å². The van der Waals surface area contributed by atoms with Gasteiger partial charge < -0.3 is 15.3 Å². The number of carboxylic acids is 1. The standard InChI is InChI=1S/C12H15N3O5/c1-12(2,10(16)17)14(3)11(18)13-8-4-6-9(7-5-8)15(19)20/h4-7H,1-3H3,(H,13,18)(H,16,17). The predicted molar refractivity (Wildman–Crippen MR) is 71.6 cm³/mol. The smallest absolute Gasteiger partial charge is 0.329 e. The molecule has 0 saturated heterocycles. The zero-order valence-electron chi connectivity index (χ0n) is 11.3. The minimum Gasteiger partial charge on any atom is -0.480 e. The number of urea groups is 1. The fraction of sp³-hybridized carbons (Fsp3) is 0.333. The van der Waals surface area contributed by atoms with Crippen LogP contribution in [0.15, 0.2) is 24.3 Å². The Morgan fingerprint density at radius 3 is 2.20 bits per heavy atom. The second-order valence-electron chi connectivity index (χ2n) is 4.66. The highest BCUT2D eigenvalue weighted by molar-refractivity contribution is 5.93. The summed E-state index contributed by atoms with van der Waals surface area (Å²) in [5.41, 5.74) is -1.12. The van der Waals surface area contributed by atoms with Gasteiger partial charge in [0, 0.05) is 24.9 Å². The SMILES string of the molecule is CN(C(=O)Nc1ccc([N+](=O)[O-])cc1)C(C)(C)C(=O)O. The first kappa shape index (κ1) is 15.4. The number of nitrogens with zero attached hydrogens (tertiary/aromatic N) is 2. The molecule has 1 rings (SSSR count). The third kappa shape index (κ3) is 3.22. The highest BCUT2D eigenvalue weighted by atomic mass is 16.6. The number of hydrogen-bond donors (Lipinski definition) is 2. The summed E-state index contributed by atoms with van der Waals surface area (Å²) in [5, 5.41) is 22.0. The average Bonchev–Trinajstić information content (AvgIpc) is 2.38. The Kier molecular flexibility index (Phi) is 4.28. The average molecular weight is 281 g/mol. The molecule has 1 aromatic carbocycles. The number of amides is 2. The first-order valence-electron chi connectivity index (χ1n) is 5.69. The molecule has 0 aromatic heterocycles. The second-order valence-corrected chi connectivity index (χ2v) is 4.66. The number of non-ortho nitro benzene ring substituents is 1. The monoisotopic (exact) mass is 281 g/mol. The number of nitrogens with one attached hydrogen (secondary N) is 1. The lowest BCUT2D eigenvalue weighted by molar-refractivity contribution is -0.384. The zero-order valence-corrected chi connectivity index (χ0v) is 11.3. The van der Waals surface area contributed by atoms with Crippen molar-refractivity contribution in [3.63, 3.8) is 0 Å². The van der Waals surface area contributed by atoms with Crippen LogP contribution in [0, 0.1) is 10.1 Å². The molecule has 0 fully saturated rings. The van der Waals surface area contributed by atoms with Crippen molar-refractivity contribution in [2.24, 2.45) is 0 Å². The number of hydrogen-bond acceptors (Lipinski definition) is 4.